The van der Waals surface area contributed by atoms with Crippen LogP contribution in [0.15, 0.2) is 51.1 Å². The highest BCUT2D eigenvalue weighted by Crippen LogP contribution is 2.45. The number of rotatable bonds is 16. The molecule has 17 nitrogen and oxygen atoms in total. The van der Waals surface area contributed by atoms with Gasteiger partial charge in [0.2, 0.25) is 0 Å². The van der Waals surface area contributed by atoms with Crippen molar-refractivity contribution in [1.29, 1.82) is 0 Å². The summed E-state index contributed by atoms with van der Waals surface area (Å²) >= 11 is 0. The third-order valence-corrected chi connectivity index (χ3v) is 13.5. The van der Waals surface area contributed by atoms with Crippen LogP contribution in [0.3, 0.4) is 0 Å². The molecule has 4 aromatic carbocycles. The number of hydrogen-bond donors (Lipinski definition) is 4. The summed E-state index contributed by atoms with van der Waals surface area (Å²) in [5, 5.41) is 8.32. The quantitative estimate of drug-likeness (QED) is 0.0781. The zero-order valence-corrected chi connectivity index (χ0v) is 39.2. The lowest BCUT2D eigenvalue weighted by Gasteiger charge is -2.20. The van der Waals surface area contributed by atoms with E-state index >= 15 is 0 Å². The fraction of sp³-hybridized carbons (Fsp3) is 0.561. The van der Waals surface area contributed by atoms with Crippen molar-refractivity contribution in [2.75, 3.05) is 78.6 Å². The van der Waals surface area contributed by atoms with Gasteiger partial charge in [-0.2, -0.15) is 25.3 Å². The molecule has 0 radical (unpaired) electrons. The van der Waals surface area contributed by atoms with E-state index in [4.69, 9.17) is 9.84 Å². The van der Waals surface area contributed by atoms with E-state index in [-0.39, 0.29) is 57.6 Å². The zero-order chi connectivity index (χ0) is 46.5. The molecule has 4 N–H and O–H groups in total. The Morgan fingerprint density at radius 2 is 0.918 bits per heavy atom. The summed E-state index contributed by atoms with van der Waals surface area (Å²) in [5.74, 6) is -2.68. The molecule has 1 amide bonds. The summed E-state index contributed by atoms with van der Waals surface area (Å²) in [6.07, 6.45) is 0.235. The smallest absolute Gasteiger partial charge is 0.308 e. The highest BCUT2D eigenvalue weighted by atomic mass is 32.2. The van der Waals surface area contributed by atoms with Gasteiger partial charge in [0, 0.05) is 51.5 Å². The molecule has 1 fully saturated rings. The van der Waals surface area contributed by atoms with Crippen LogP contribution in [0.4, 0.5) is 0 Å². The van der Waals surface area contributed by atoms with Crippen LogP contribution in [-0.4, -0.2) is 154 Å². The number of aliphatic carboxylic acids is 1. The van der Waals surface area contributed by atoms with Gasteiger partial charge in [0.25, 0.3) is 36.3 Å². The lowest BCUT2D eigenvalue weighted by Crippen LogP contribution is -2.33. The number of carbonyl (C=O) groups excluding carboxylic acids is 1. The fourth-order valence-corrected chi connectivity index (χ4v) is 9.27. The first-order chi connectivity index (χ1) is 28.5. The van der Waals surface area contributed by atoms with Crippen molar-refractivity contribution in [2.45, 2.75) is 83.4 Å². The number of carbonyl (C=O) groups is 2. The Morgan fingerprint density at radius 1 is 0.590 bits per heavy atom. The molecule has 0 saturated carbocycles. The van der Waals surface area contributed by atoms with Crippen LogP contribution in [0.1, 0.15) is 68.7 Å². The summed E-state index contributed by atoms with van der Waals surface area (Å²) < 4.78 is 108. The van der Waals surface area contributed by atoms with Crippen LogP contribution < -0.4 is 4.74 Å². The molecule has 1 atom stereocenters. The van der Waals surface area contributed by atoms with E-state index in [2.05, 4.69) is 77.0 Å². The number of nitrogens with zero attached hydrogens (tertiary/aromatic N) is 4. The van der Waals surface area contributed by atoms with Gasteiger partial charge in [0.15, 0.2) is 6.61 Å². The monoisotopic (exact) mass is 916 g/mol. The number of likely N-dealkylation sites (tertiary alicyclic amines) is 1. The molecule has 1 saturated heterocycles. The molecule has 1 aliphatic rings. The topological polar surface area (TPSA) is 240 Å². The van der Waals surface area contributed by atoms with Gasteiger partial charge in [-0.05, 0) is 77.5 Å². The maximum atomic E-state index is 12.7. The Labute approximate surface area is 361 Å². The van der Waals surface area contributed by atoms with Crippen molar-refractivity contribution in [3.8, 4) is 5.75 Å². The maximum absolute atomic E-state index is 12.7. The molecule has 1 unspecified atom stereocenters. The molecular formula is C41H64N4O13S3. The third-order valence-electron chi connectivity index (χ3n) is 10.8. The zero-order valence-electron chi connectivity index (χ0n) is 36.7. The summed E-state index contributed by atoms with van der Waals surface area (Å²) in [4.78, 5) is 29.8. The van der Waals surface area contributed by atoms with Gasteiger partial charge in [0.05, 0.1) is 5.92 Å². The van der Waals surface area contributed by atoms with Crippen molar-refractivity contribution in [3.05, 3.63) is 36.4 Å². The second kappa shape index (κ2) is 23.6. The maximum Gasteiger partial charge on any atom is 0.308 e. The minimum absolute atomic E-state index is 0.0525. The number of benzene rings is 4. The normalized spacial score (nSPS) is 14.5. The van der Waals surface area contributed by atoms with Gasteiger partial charge in [0.1, 0.15) is 20.4 Å². The molecule has 5 rings (SSSR count). The second-order valence-electron chi connectivity index (χ2n) is 14.1. The van der Waals surface area contributed by atoms with Gasteiger partial charge in [-0.3, -0.25) is 23.2 Å². The Kier molecular flexibility index (Phi) is 20.7. The SMILES string of the molecule is CCN(CC)CC.CCN(CC)CC.CCN(CC)CC.O=C(O)C1CCN(C(=O)COc2cc(S(=O)(=O)O)c3ccc4c(S(=O)(=O)O)cc(S(=O)(=O)O)c5ccc2c3c54)C1. The minimum Gasteiger partial charge on any atom is -0.483 e. The highest BCUT2D eigenvalue weighted by molar-refractivity contribution is 7.87. The number of hydrogen-bond acceptors (Lipinski definition) is 12. The van der Waals surface area contributed by atoms with E-state index in [1.165, 1.54) is 75.9 Å². The predicted molar refractivity (Wildman–Crippen MR) is 238 cm³/mol. The molecule has 0 aromatic heterocycles. The largest absolute Gasteiger partial charge is 0.483 e. The van der Waals surface area contributed by atoms with E-state index in [1.54, 1.807) is 0 Å². The molecule has 1 aliphatic heterocycles. The van der Waals surface area contributed by atoms with Crippen LogP contribution in [0.25, 0.3) is 32.3 Å². The predicted octanol–water partition coefficient (Wildman–Crippen LogP) is 5.68. The molecule has 344 valence electrons. The standard InChI is InChI=1S/C23H19NO13S3.3C6H15N/c25-20(24-6-5-11(9-24)23(26)27)10-37-16-7-17(38(28,29)30)13-3-4-15-19(40(34,35)36)8-18(39(31,32)33)14-2-1-12(16)21(13)22(14)15;3*1-4-7(5-2)6-3/h1-4,7-8,11H,5-6,9-10H2,(H,26,27)(H,28,29,30)(H,31,32,33)(H,34,35,36);3*4-6H2,1-3H3. The molecule has 20 heteroatoms. The Bertz CT molecular complexity index is 2300. The summed E-state index contributed by atoms with van der Waals surface area (Å²) in [6, 6.07) is 6.22. The summed E-state index contributed by atoms with van der Waals surface area (Å²) in [5.41, 5.74) is 0. The van der Waals surface area contributed by atoms with E-state index < -0.39 is 69.4 Å². The average molecular weight is 917 g/mol. The first kappa shape index (κ1) is 53.4. The minimum atomic E-state index is -5.07. The molecule has 4 aromatic rings. The van der Waals surface area contributed by atoms with E-state index in [9.17, 15) is 48.5 Å². The van der Waals surface area contributed by atoms with Crippen molar-refractivity contribution >= 4 is 74.5 Å². The van der Waals surface area contributed by atoms with Crippen molar-refractivity contribution in [2.24, 2.45) is 5.92 Å². The molecule has 0 aliphatic carbocycles. The van der Waals surface area contributed by atoms with Crippen LogP contribution in [-0.2, 0) is 39.9 Å². The fourth-order valence-electron chi connectivity index (χ4n) is 7.06. The van der Waals surface area contributed by atoms with Crippen molar-refractivity contribution in [3.63, 3.8) is 0 Å². The number of ether oxygens (including phenoxy) is 1. The van der Waals surface area contributed by atoms with Gasteiger partial charge in [-0.15, -0.1) is 0 Å². The lowest BCUT2D eigenvalue weighted by atomic mass is 9.93. The number of amides is 1. The molecule has 61 heavy (non-hydrogen) atoms. The van der Waals surface area contributed by atoms with Crippen LogP contribution >= 0.6 is 0 Å². The highest BCUT2D eigenvalue weighted by Gasteiger charge is 2.32. The third kappa shape index (κ3) is 14.1. The van der Waals surface area contributed by atoms with Gasteiger partial charge in [-0.25, -0.2) is 0 Å². The molecule has 1 heterocycles. The number of carboxylic acids is 1. The lowest BCUT2D eigenvalue weighted by molar-refractivity contribution is -0.141. The van der Waals surface area contributed by atoms with E-state index in [0.29, 0.717) is 6.07 Å². The molecule has 0 bridgehead atoms. The second-order valence-corrected chi connectivity index (χ2v) is 18.2. The molecular weight excluding hydrogens is 853 g/mol. The summed E-state index contributed by atoms with van der Waals surface area (Å²) in [7, 11) is -15.1. The van der Waals surface area contributed by atoms with Crippen LogP contribution in [0, 0.1) is 5.92 Å². The van der Waals surface area contributed by atoms with Gasteiger partial charge < -0.3 is 29.4 Å². The van der Waals surface area contributed by atoms with Crippen molar-refractivity contribution in [1.82, 2.24) is 19.6 Å². The van der Waals surface area contributed by atoms with E-state index in [0.717, 1.165) is 18.2 Å². The Balaban J connectivity index is 0.000000502. The summed E-state index contributed by atoms with van der Waals surface area (Å²) in [6.45, 7) is 29.8. The van der Waals surface area contributed by atoms with Crippen molar-refractivity contribution < 1.29 is 58.3 Å². The van der Waals surface area contributed by atoms with Gasteiger partial charge in [-0.1, -0.05) is 80.5 Å². The molecule has 0 spiro atoms. The first-order valence-corrected chi connectivity index (χ1v) is 24.9. The Hall–Kier alpha value is -3.73. The Morgan fingerprint density at radius 3 is 1.21 bits per heavy atom. The van der Waals surface area contributed by atoms with Crippen LogP contribution in [0.5, 0.6) is 5.75 Å². The van der Waals surface area contributed by atoms with E-state index in [1.807, 2.05) is 0 Å². The number of carboxylic acid groups (broad SMARTS) is 1. The first-order valence-electron chi connectivity index (χ1n) is 20.5. The van der Waals surface area contributed by atoms with Gasteiger partial charge >= 0.3 is 5.97 Å². The van der Waals surface area contributed by atoms with Crippen LogP contribution in [0.2, 0.25) is 0 Å². The average Bonchev–Trinajstić information content (AvgIpc) is 3.72.